The average Bonchev–Trinajstić information content (AvgIpc) is 3.44. The van der Waals surface area contributed by atoms with Crippen LogP contribution in [-0.2, 0) is 12.0 Å². The van der Waals surface area contributed by atoms with E-state index in [0.29, 0.717) is 6.54 Å². The Bertz CT molecular complexity index is 1920. The summed E-state index contributed by atoms with van der Waals surface area (Å²) in [7, 11) is 0.235. The van der Waals surface area contributed by atoms with Crippen molar-refractivity contribution in [2.24, 2.45) is 0 Å². The maximum Gasteiger partial charge on any atom is 0.254 e. The van der Waals surface area contributed by atoms with Gasteiger partial charge < -0.3 is 9.80 Å². The predicted molar refractivity (Wildman–Crippen MR) is 176 cm³/mol. The molecule has 206 valence electrons. The molecule has 0 fully saturated rings. The van der Waals surface area contributed by atoms with E-state index in [0.717, 1.165) is 16.8 Å². The third kappa shape index (κ3) is 3.24. The Morgan fingerprint density at radius 1 is 0.667 bits per heavy atom. The quantitative estimate of drug-likeness (QED) is 0.198. The van der Waals surface area contributed by atoms with Crippen LogP contribution in [0, 0.1) is 6.92 Å². The summed E-state index contributed by atoms with van der Waals surface area (Å²) in [5.74, 6) is 0.0948. The third-order valence-corrected chi connectivity index (χ3v) is 11.6. The molecule has 0 atom stereocenters. The number of amides is 1. The van der Waals surface area contributed by atoms with Crippen LogP contribution < -0.4 is 10.1 Å². The molecule has 5 aromatic rings. The Morgan fingerprint density at radius 2 is 1.29 bits per heavy atom. The lowest BCUT2D eigenvalue weighted by molar-refractivity contribution is 0.0816. The fraction of sp³-hybridized carbons (Fsp3) is 0.184. The molecule has 2 heterocycles. The molecule has 0 radical (unpaired) electrons. The topological polar surface area (TPSA) is 23.6 Å². The summed E-state index contributed by atoms with van der Waals surface area (Å²) in [5.41, 5.74) is 14.0. The molecule has 8 rings (SSSR count). The molecule has 5 aromatic carbocycles. The van der Waals surface area contributed by atoms with Gasteiger partial charge in [0.1, 0.15) is 0 Å². The second-order valence-electron chi connectivity index (χ2n) is 13.2. The smallest absolute Gasteiger partial charge is 0.254 e. The van der Waals surface area contributed by atoms with Crippen molar-refractivity contribution in [3.8, 4) is 11.1 Å². The van der Waals surface area contributed by atoms with Crippen LogP contribution >= 0.6 is 0 Å². The van der Waals surface area contributed by atoms with Crippen molar-refractivity contribution >= 4 is 36.2 Å². The maximum atomic E-state index is 13.1. The van der Waals surface area contributed by atoms with Crippen LogP contribution in [0.3, 0.4) is 0 Å². The monoisotopic (exact) mass is 562 g/mol. The third-order valence-electron chi connectivity index (χ3n) is 9.59. The van der Waals surface area contributed by atoms with Gasteiger partial charge in [0.25, 0.3) is 5.91 Å². The molecule has 1 aliphatic carbocycles. The van der Waals surface area contributed by atoms with E-state index in [1.54, 1.807) is 4.90 Å². The zero-order valence-electron chi connectivity index (χ0n) is 24.8. The Balaban J connectivity index is 1.51. The van der Waals surface area contributed by atoms with Crippen LogP contribution in [0.1, 0.15) is 43.7 Å². The number of hydrogen-bond acceptors (Lipinski definition) is 2. The summed E-state index contributed by atoms with van der Waals surface area (Å²) in [4.78, 5) is 17.3. The summed E-state index contributed by atoms with van der Waals surface area (Å²) < 4.78 is 0. The molecule has 4 heteroatoms. The molecule has 1 amide bonds. The van der Waals surface area contributed by atoms with Crippen molar-refractivity contribution in [1.82, 2.24) is 4.90 Å². The normalized spacial score (nSPS) is 15.8. The molecule has 0 unspecified atom stereocenters. The molecule has 0 bridgehead atoms. The zero-order chi connectivity index (χ0) is 29.0. The van der Waals surface area contributed by atoms with Crippen molar-refractivity contribution in [2.75, 3.05) is 11.9 Å². The first-order valence-electron chi connectivity index (χ1n) is 14.8. The van der Waals surface area contributed by atoms with Gasteiger partial charge in [-0.2, -0.15) is 0 Å². The van der Waals surface area contributed by atoms with Gasteiger partial charge in [-0.25, -0.2) is 0 Å². The van der Waals surface area contributed by atoms with Crippen molar-refractivity contribution in [1.29, 1.82) is 0 Å². The molecule has 3 nitrogen and oxygen atoms in total. The van der Waals surface area contributed by atoms with Gasteiger partial charge in [-0.3, -0.25) is 4.79 Å². The number of carbonyl (C=O) groups excluding carboxylic acids is 1. The number of aryl methyl sites for hydroxylation is 1. The van der Waals surface area contributed by atoms with E-state index < -0.39 is 13.5 Å². The van der Waals surface area contributed by atoms with E-state index in [-0.39, 0.29) is 5.91 Å². The van der Waals surface area contributed by atoms with Gasteiger partial charge in [-0.1, -0.05) is 109 Å². The first-order valence-corrected chi connectivity index (χ1v) is 18.3. The summed E-state index contributed by atoms with van der Waals surface area (Å²) in [6.07, 6.45) is 0. The van der Waals surface area contributed by atoms with E-state index >= 15 is 0 Å². The van der Waals surface area contributed by atoms with Gasteiger partial charge in [0.15, 0.2) is 0 Å². The highest BCUT2D eigenvalue weighted by Gasteiger charge is 2.52. The van der Waals surface area contributed by atoms with Crippen molar-refractivity contribution < 1.29 is 4.79 Å². The molecule has 42 heavy (non-hydrogen) atoms. The van der Waals surface area contributed by atoms with Crippen molar-refractivity contribution in [3.63, 3.8) is 0 Å². The Kier molecular flexibility index (Phi) is 5.16. The standard InChI is InChI=1S/C38H34N2OSi/c1-24-14-18-35-33(20-24)38(31-12-8-6-10-28(31)29-11-7-9-13-32(29)38)34-22-27(42(3,4)5)17-19-36(34)40(35)26-16-15-25-23-39(2)37(41)30(25)21-26/h6-22H,23H2,1-5H3. The van der Waals surface area contributed by atoms with Gasteiger partial charge >= 0.3 is 0 Å². The van der Waals surface area contributed by atoms with Crippen molar-refractivity contribution in [2.45, 2.75) is 38.5 Å². The van der Waals surface area contributed by atoms with E-state index in [4.69, 9.17) is 0 Å². The lowest BCUT2D eigenvalue weighted by atomic mass is 9.64. The van der Waals surface area contributed by atoms with Crippen LogP contribution in [-0.4, -0.2) is 25.9 Å². The molecule has 0 N–H and O–H groups in total. The minimum atomic E-state index is -1.65. The van der Waals surface area contributed by atoms with E-state index in [1.165, 1.54) is 55.5 Å². The molecule has 0 aromatic heterocycles. The van der Waals surface area contributed by atoms with E-state index in [2.05, 4.69) is 135 Å². The number of benzene rings is 5. The second-order valence-corrected chi connectivity index (χ2v) is 18.3. The van der Waals surface area contributed by atoms with Crippen LogP contribution in [0.2, 0.25) is 19.6 Å². The van der Waals surface area contributed by atoms with Crippen LogP contribution in [0.4, 0.5) is 17.1 Å². The number of fused-ring (bicyclic) bond motifs is 10. The average molecular weight is 563 g/mol. The molecule has 0 saturated heterocycles. The molecular weight excluding hydrogens is 529 g/mol. The summed E-state index contributed by atoms with van der Waals surface area (Å²) in [5, 5.41) is 1.45. The SMILES string of the molecule is Cc1ccc2c(c1)C1(c3ccccc3-c3ccccc31)c1cc([Si](C)(C)C)ccc1N2c1ccc2c(c1)C(=O)N(C)C2. The Morgan fingerprint density at radius 3 is 1.95 bits per heavy atom. The molecule has 1 spiro atoms. The van der Waals surface area contributed by atoms with E-state index in [1.807, 2.05) is 7.05 Å². The first kappa shape index (κ1) is 25.3. The molecular formula is C38H34N2OSi. The number of rotatable bonds is 2. The van der Waals surface area contributed by atoms with Crippen LogP contribution in [0.5, 0.6) is 0 Å². The fourth-order valence-electron chi connectivity index (χ4n) is 7.58. The zero-order valence-corrected chi connectivity index (χ0v) is 25.8. The largest absolute Gasteiger partial charge is 0.337 e. The second kappa shape index (κ2) is 8.56. The van der Waals surface area contributed by atoms with E-state index in [9.17, 15) is 4.79 Å². The number of anilines is 3. The lowest BCUT2D eigenvalue weighted by Crippen LogP contribution is -2.42. The Hall–Kier alpha value is -4.41. The van der Waals surface area contributed by atoms with Gasteiger partial charge in [0.2, 0.25) is 0 Å². The van der Waals surface area contributed by atoms with Gasteiger partial charge in [-0.05, 0) is 70.1 Å². The Labute approximate surface area is 249 Å². The van der Waals surface area contributed by atoms with Gasteiger partial charge in [0.05, 0.1) is 24.9 Å². The lowest BCUT2D eigenvalue weighted by Gasteiger charge is -2.45. The van der Waals surface area contributed by atoms with Gasteiger partial charge in [0, 0.05) is 24.8 Å². The van der Waals surface area contributed by atoms with Crippen molar-refractivity contribution in [3.05, 3.63) is 142 Å². The highest BCUT2D eigenvalue weighted by atomic mass is 28.3. The number of carbonyl (C=O) groups is 1. The minimum Gasteiger partial charge on any atom is -0.337 e. The highest BCUT2D eigenvalue weighted by Crippen LogP contribution is 2.63. The first-order chi connectivity index (χ1) is 20.2. The number of nitrogens with zero attached hydrogens (tertiary/aromatic N) is 2. The fourth-order valence-corrected chi connectivity index (χ4v) is 8.75. The molecule has 3 aliphatic rings. The van der Waals surface area contributed by atoms with Gasteiger partial charge in [-0.15, -0.1) is 0 Å². The minimum absolute atomic E-state index is 0.0948. The maximum absolute atomic E-state index is 13.1. The summed E-state index contributed by atoms with van der Waals surface area (Å²) in [6, 6.07) is 38.5. The van der Waals surface area contributed by atoms with Crippen LogP contribution in [0.25, 0.3) is 11.1 Å². The summed E-state index contributed by atoms with van der Waals surface area (Å²) >= 11 is 0. The highest BCUT2D eigenvalue weighted by molar-refractivity contribution is 6.88. The predicted octanol–water partition coefficient (Wildman–Crippen LogP) is 8.27. The molecule has 2 aliphatic heterocycles. The number of hydrogen-bond donors (Lipinski definition) is 0. The molecule has 0 saturated carbocycles. The van der Waals surface area contributed by atoms with Crippen LogP contribution in [0.15, 0.2) is 103 Å². The summed E-state index contributed by atoms with van der Waals surface area (Å²) in [6.45, 7) is 10.2.